The lowest BCUT2D eigenvalue weighted by atomic mass is 10.0. The van der Waals surface area contributed by atoms with Crippen LogP contribution in [-0.2, 0) is 22.5 Å². The van der Waals surface area contributed by atoms with Crippen molar-refractivity contribution in [3.05, 3.63) is 69.6 Å². The Labute approximate surface area is 181 Å². The summed E-state index contributed by atoms with van der Waals surface area (Å²) < 4.78 is 7.71. The summed E-state index contributed by atoms with van der Waals surface area (Å²) in [4.78, 5) is 42.9. The number of aryl methyl sites for hydroxylation is 3. The van der Waals surface area contributed by atoms with E-state index < -0.39 is 5.72 Å². The Morgan fingerprint density at radius 2 is 1.97 bits per heavy atom. The van der Waals surface area contributed by atoms with Crippen molar-refractivity contribution in [3.8, 4) is 0 Å². The highest BCUT2D eigenvalue weighted by Crippen LogP contribution is 2.45. The Hall–Kier alpha value is -2.93. The van der Waals surface area contributed by atoms with Gasteiger partial charge in [-0.25, -0.2) is 0 Å². The third kappa shape index (κ3) is 3.19. The molecule has 2 amide bonds. The van der Waals surface area contributed by atoms with Gasteiger partial charge in [-0.2, -0.15) is 0 Å². The largest absolute Gasteiger partial charge is 0.353 e. The average molecular weight is 421 g/mol. The highest BCUT2D eigenvalue weighted by atomic mass is 16.5. The highest BCUT2D eigenvalue weighted by Gasteiger charge is 2.61. The molecule has 2 atom stereocenters. The number of pyridine rings is 1. The summed E-state index contributed by atoms with van der Waals surface area (Å²) in [5.74, 6) is -0.255. The summed E-state index contributed by atoms with van der Waals surface area (Å²) in [6, 6.07) is 11.5. The van der Waals surface area contributed by atoms with Gasteiger partial charge in [0.2, 0.25) is 5.91 Å². The van der Waals surface area contributed by atoms with Crippen molar-refractivity contribution < 1.29 is 14.3 Å². The first-order valence-electron chi connectivity index (χ1n) is 11.0. The molecule has 1 aromatic carbocycles. The standard InChI is InChI=1S/C24H27N3O4/c1-17-8-12-25(13-9-18-6-3-2-4-7-18)22(29)21(17)23(30)26-14-10-24-19(26)16-20(28)27(24)11-5-15-31-24/h2-4,6-8,12,19H,5,9-11,13-16H2,1H3/t19-,24+/m1/s1. The van der Waals surface area contributed by atoms with Crippen molar-refractivity contribution in [2.45, 2.75) is 50.9 Å². The van der Waals surface area contributed by atoms with Crippen LogP contribution in [0.5, 0.6) is 0 Å². The Morgan fingerprint density at radius 1 is 1.16 bits per heavy atom. The molecule has 3 aliphatic heterocycles. The zero-order chi connectivity index (χ0) is 21.6. The number of ether oxygens (including phenoxy) is 1. The molecule has 7 nitrogen and oxygen atoms in total. The predicted molar refractivity (Wildman–Crippen MR) is 115 cm³/mol. The lowest BCUT2D eigenvalue weighted by Crippen LogP contribution is -2.56. The van der Waals surface area contributed by atoms with E-state index in [0.717, 1.165) is 12.0 Å². The van der Waals surface area contributed by atoms with Gasteiger partial charge in [0.25, 0.3) is 11.5 Å². The zero-order valence-electron chi connectivity index (χ0n) is 17.8. The van der Waals surface area contributed by atoms with Gasteiger partial charge in [0.05, 0.1) is 19.1 Å². The monoisotopic (exact) mass is 421 g/mol. The van der Waals surface area contributed by atoms with Gasteiger partial charge in [-0.3, -0.25) is 14.4 Å². The first-order valence-corrected chi connectivity index (χ1v) is 11.0. The van der Waals surface area contributed by atoms with Crippen LogP contribution in [0.3, 0.4) is 0 Å². The molecule has 7 heteroatoms. The fourth-order valence-electron chi connectivity index (χ4n) is 5.33. The van der Waals surface area contributed by atoms with Crippen LogP contribution in [0, 0.1) is 6.92 Å². The second kappa shape index (κ2) is 7.64. The number of hydrogen-bond acceptors (Lipinski definition) is 4. The van der Waals surface area contributed by atoms with Gasteiger partial charge >= 0.3 is 0 Å². The Morgan fingerprint density at radius 3 is 2.77 bits per heavy atom. The van der Waals surface area contributed by atoms with Crippen LogP contribution in [0.25, 0.3) is 0 Å². The van der Waals surface area contributed by atoms with E-state index in [4.69, 9.17) is 4.74 Å². The van der Waals surface area contributed by atoms with Crippen LogP contribution in [0.15, 0.2) is 47.4 Å². The number of likely N-dealkylation sites (tertiary alicyclic amines) is 1. The van der Waals surface area contributed by atoms with Crippen LogP contribution < -0.4 is 5.56 Å². The van der Waals surface area contributed by atoms with E-state index in [1.54, 1.807) is 22.6 Å². The smallest absolute Gasteiger partial charge is 0.263 e. The molecule has 1 spiro atoms. The molecule has 31 heavy (non-hydrogen) atoms. The number of aromatic nitrogens is 1. The van der Waals surface area contributed by atoms with Gasteiger partial charge in [-0.1, -0.05) is 30.3 Å². The van der Waals surface area contributed by atoms with Gasteiger partial charge in [-0.15, -0.1) is 0 Å². The molecule has 3 aliphatic rings. The normalized spacial score (nSPS) is 24.9. The summed E-state index contributed by atoms with van der Waals surface area (Å²) in [6.07, 6.45) is 4.15. The minimum atomic E-state index is -0.708. The van der Waals surface area contributed by atoms with Gasteiger partial charge < -0.3 is 19.1 Å². The van der Waals surface area contributed by atoms with Gasteiger partial charge in [-0.05, 0) is 37.0 Å². The Balaban J connectivity index is 1.42. The molecule has 1 aromatic heterocycles. The van der Waals surface area contributed by atoms with E-state index in [0.29, 0.717) is 44.6 Å². The number of amides is 2. The lowest BCUT2D eigenvalue weighted by Gasteiger charge is -2.42. The molecular weight excluding hydrogens is 394 g/mol. The molecule has 0 unspecified atom stereocenters. The van der Waals surface area contributed by atoms with Crippen molar-refractivity contribution in [3.63, 3.8) is 0 Å². The summed E-state index contributed by atoms with van der Waals surface area (Å²) >= 11 is 0. The van der Waals surface area contributed by atoms with Crippen LogP contribution in [0.4, 0.5) is 0 Å². The molecule has 3 fully saturated rings. The molecule has 0 saturated carbocycles. The number of benzene rings is 1. The van der Waals surface area contributed by atoms with Crippen molar-refractivity contribution >= 4 is 11.8 Å². The van der Waals surface area contributed by atoms with Crippen LogP contribution in [0.2, 0.25) is 0 Å². The third-order valence-corrected chi connectivity index (χ3v) is 6.94. The lowest BCUT2D eigenvalue weighted by molar-refractivity contribution is -0.179. The van der Waals surface area contributed by atoms with Gasteiger partial charge in [0.1, 0.15) is 5.56 Å². The number of carbonyl (C=O) groups excluding carboxylic acids is 2. The molecule has 3 saturated heterocycles. The summed E-state index contributed by atoms with van der Waals surface area (Å²) in [5.41, 5.74) is 1.03. The quantitative estimate of drug-likeness (QED) is 0.757. The average Bonchev–Trinajstić information content (AvgIpc) is 3.26. The minimum Gasteiger partial charge on any atom is -0.353 e. The number of hydrogen-bond donors (Lipinski definition) is 0. The molecular formula is C24H27N3O4. The van der Waals surface area contributed by atoms with Crippen LogP contribution in [0.1, 0.15) is 40.7 Å². The van der Waals surface area contributed by atoms with E-state index in [2.05, 4.69) is 0 Å². The first kappa shape index (κ1) is 20.0. The molecule has 162 valence electrons. The van der Waals surface area contributed by atoms with Crippen molar-refractivity contribution in [2.75, 3.05) is 19.7 Å². The summed E-state index contributed by atoms with van der Waals surface area (Å²) in [5, 5.41) is 0. The summed E-state index contributed by atoms with van der Waals surface area (Å²) in [7, 11) is 0. The van der Waals surface area contributed by atoms with Gasteiger partial charge in [0, 0.05) is 32.3 Å². The minimum absolute atomic E-state index is 0.0345. The highest BCUT2D eigenvalue weighted by molar-refractivity contribution is 5.96. The van der Waals surface area contributed by atoms with E-state index >= 15 is 0 Å². The maximum absolute atomic E-state index is 13.6. The molecule has 0 radical (unpaired) electrons. The van der Waals surface area contributed by atoms with E-state index in [-0.39, 0.29) is 35.4 Å². The van der Waals surface area contributed by atoms with Crippen LogP contribution >= 0.6 is 0 Å². The maximum Gasteiger partial charge on any atom is 0.263 e. The molecule has 0 bridgehead atoms. The van der Waals surface area contributed by atoms with Crippen molar-refractivity contribution in [1.29, 1.82) is 0 Å². The molecule has 0 aliphatic carbocycles. The third-order valence-electron chi connectivity index (χ3n) is 6.94. The number of rotatable bonds is 4. The molecule has 2 aromatic rings. The van der Waals surface area contributed by atoms with Crippen LogP contribution in [-0.4, -0.2) is 57.6 Å². The number of nitrogens with zero attached hydrogens (tertiary/aromatic N) is 3. The second-order valence-electron chi connectivity index (χ2n) is 8.67. The zero-order valence-corrected chi connectivity index (χ0v) is 17.8. The fraction of sp³-hybridized carbons (Fsp3) is 0.458. The predicted octanol–water partition coefficient (Wildman–Crippen LogP) is 1.96. The van der Waals surface area contributed by atoms with E-state index in [1.165, 1.54) is 0 Å². The maximum atomic E-state index is 13.6. The molecule has 0 N–H and O–H groups in total. The topological polar surface area (TPSA) is 71.9 Å². The van der Waals surface area contributed by atoms with E-state index in [1.807, 2.05) is 41.3 Å². The molecule has 5 rings (SSSR count). The second-order valence-corrected chi connectivity index (χ2v) is 8.67. The van der Waals surface area contributed by atoms with Gasteiger partial charge in [0.15, 0.2) is 5.72 Å². The van der Waals surface area contributed by atoms with Crippen molar-refractivity contribution in [1.82, 2.24) is 14.4 Å². The number of carbonyl (C=O) groups is 2. The van der Waals surface area contributed by atoms with Crippen molar-refractivity contribution in [2.24, 2.45) is 0 Å². The Kier molecular flexibility index (Phi) is 4.93. The molecule has 4 heterocycles. The van der Waals surface area contributed by atoms with E-state index in [9.17, 15) is 14.4 Å². The Bertz CT molecular complexity index is 1080. The summed E-state index contributed by atoms with van der Waals surface area (Å²) in [6.45, 7) is 4.06. The first-order chi connectivity index (χ1) is 15.0. The fourth-order valence-corrected chi connectivity index (χ4v) is 5.33. The SMILES string of the molecule is Cc1ccn(CCc2ccccc2)c(=O)c1C(=O)N1CC[C@@]23OCCCN2C(=O)C[C@@H]13.